The summed E-state index contributed by atoms with van der Waals surface area (Å²) >= 11 is 0. The van der Waals surface area contributed by atoms with Gasteiger partial charge < -0.3 is 33.3 Å². The third-order valence-corrected chi connectivity index (χ3v) is 8.53. The molecule has 9 heteroatoms. The first kappa shape index (κ1) is 50.2. The van der Waals surface area contributed by atoms with E-state index in [1.54, 1.807) is 0 Å². The molecular weight excluding hydrogens is 670 g/mol. The number of allylic oxidation sites excluding steroid dienone is 8. The molecule has 0 rings (SSSR count). The highest BCUT2D eigenvalue weighted by Crippen LogP contribution is 2.12. The molecule has 0 amide bonds. The number of carbonyl (C=O) groups is 3. The number of carboxylic acid groups (broad SMARTS) is 1. The van der Waals surface area contributed by atoms with E-state index in [0.717, 1.165) is 89.9 Å². The van der Waals surface area contributed by atoms with Gasteiger partial charge in [-0.2, -0.15) is 0 Å². The van der Waals surface area contributed by atoms with Gasteiger partial charge in [0.2, 0.25) is 0 Å². The van der Waals surface area contributed by atoms with E-state index >= 15 is 0 Å². The fourth-order valence-electron chi connectivity index (χ4n) is 5.25. The van der Waals surface area contributed by atoms with Crippen LogP contribution in [0.4, 0.5) is 0 Å². The van der Waals surface area contributed by atoms with Crippen molar-refractivity contribution in [2.75, 3.05) is 47.5 Å². The number of likely N-dealkylation sites (N-methyl/N-ethyl adjacent to an activating group) is 1. The number of hydrogen-bond acceptors (Lipinski definition) is 8. The minimum absolute atomic E-state index is 0.141. The summed E-state index contributed by atoms with van der Waals surface area (Å²) in [6.45, 7) is 4.59. The fourth-order valence-corrected chi connectivity index (χ4v) is 5.25. The Morgan fingerprint density at radius 1 is 0.566 bits per heavy atom. The zero-order chi connectivity index (χ0) is 39.3. The summed E-state index contributed by atoms with van der Waals surface area (Å²) < 4.78 is 22.5. The van der Waals surface area contributed by atoms with Gasteiger partial charge in [-0.05, 0) is 70.6 Å². The van der Waals surface area contributed by atoms with Crippen molar-refractivity contribution in [3.63, 3.8) is 0 Å². The second-order valence-electron chi connectivity index (χ2n) is 14.9. The van der Waals surface area contributed by atoms with E-state index in [0.29, 0.717) is 17.4 Å². The Balaban J connectivity index is 4.55. The van der Waals surface area contributed by atoms with Crippen LogP contribution in [0.25, 0.3) is 0 Å². The monoisotopic (exact) mass is 748 g/mol. The number of hydrogen-bond donors (Lipinski definition) is 0. The number of esters is 2. The molecule has 0 fully saturated rings. The predicted octanol–water partition coefficient (Wildman–Crippen LogP) is 9.10. The minimum Gasteiger partial charge on any atom is -0.545 e. The van der Waals surface area contributed by atoms with Crippen LogP contribution in [0.3, 0.4) is 0 Å². The average Bonchev–Trinajstić information content (AvgIpc) is 3.11. The highest BCUT2D eigenvalue weighted by atomic mass is 16.7. The van der Waals surface area contributed by atoms with Gasteiger partial charge in [-0.3, -0.25) is 9.59 Å². The molecule has 0 N–H and O–H groups in total. The normalized spacial score (nSPS) is 13.5. The molecule has 2 unspecified atom stereocenters. The Labute approximate surface area is 323 Å². The standard InChI is InChI=1S/C44H77NO8/c1-6-8-10-12-14-16-18-20-21-23-25-27-29-31-33-35-42(47)53-40(39-52-44(43(48)49)50-37-36-45(3,4)5)38-51-41(46)34-32-30-28-26-24-22-19-17-15-13-11-9-7-2/h11,13-14,16-17,19-21,40,44H,6-10,12,15,18,22-39H2,1-5H3/b13-11-,16-14-,19-17-,21-20-. The number of nitrogens with zero attached hydrogens (tertiary/aromatic N) is 1. The zero-order valence-electron chi connectivity index (χ0n) is 34.4. The van der Waals surface area contributed by atoms with Crippen molar-refractivity contribution >= 4 is 17.9 Å². The molecule has 0 aliphatic carbocycles. The second-order valence-corrected chi connectivity index (χ2v) is 14.9. The van der Waals surface area contributed by atoms with E-state index < -0.39 is 24.3 Å². The van der Waals surface area contributed by atoms with Crippen molar-refractivity contribution in [1.29, 1.82) is 0 Å². The molecule has 0 saturated carbocycles. The Hall–Kier alpha value is -2.75. The first-order valence-electron chi connectivity index (χ1n) is 20.8. The molecule has 0 aliphatic heterocycles. The van der Waals surface area contributed by atoms with Crippen LogP contribution in [0.1, 0.15) is 155 Å². The summed E-state index contributed by atoms with van der Waals surface area (Å²) in [5.74, 6) is -2.33. The smallest absolute Gasteiger partial charge is 0.306 e. The van der Waals surface area contributed by atoms with Crippen LogP contribution < -0.4 is 5.11 Å². The third-order valence-electron chi connectivity index (χ3n) is 8.53. The second kappa shape index (κ2) is 36.2. The maximum atomic E-state index is 12.7. The van der Waals surface area contributed by atoms with E-state index in [-0.39, 0.29) is 38.6 Å². The zero-order valence-corrected chi connectivity index (χ0v) is 34.4. The van der Waals surface area contributed by atoms with E-state index in [1.165, 1.54) is 32.1 Å². The topological polar surface area (TPSA) is 111 Å². The van der Waals surface area contributed by atoms with Crippen LogP contribution in [0.5, 0.6) is 0 Å². The highest BCUT2D eigenvalue weighted by Gasteiger charge is 2.21. The molecule has 2 atom stereocenters. The molecule has 0 aromatic rings. The first-order chi connectivity index (χ1) is 25.6. The lowest BCUT2D eigenvalue weighted by molar-refractivity contribution is -0.870. The summed E-state index contributed by atoms with van der Waals surface area (Å²) in [6.07, 6.45) is 37.1. The Morgan fingerprint density at radius 3 is 1.57 bits per heavy atom. The quantitative estimate of drug-likeness (QED) is 0.0204. The van der Waals surface area contributed by atoms with Gasteiger partial charge in [-0.15, -0.1) is 0 Å². The molecule has 0 bridgehead atoms. The highest BCUT2D eigenvalue weighted by molar-refractivity contribution is 5.70. The van der Waals surface area contributed by atoms with E-state index in [9.17, 15) is 19.5 Å². The average molecular weight is 748 g/mol. The molecule has 53 heavy (non-hydrogen) atoms. The molecule has 0 heterocycles. The van der Waals surface area contributed by atoms with Gasteiger partial charge in [-0.1, -0.05) is 120 Å². The van der Waals surface area contributed by atoms with Gasteiger partial charge >= 0.3 is 11.9 Å². The third kappa shape index (κ3) is 37.4. The lowest BCUT2D eigenvalue weighted by Crippen LogP contribution is -2.44. The molecule has 0 aliphatic rings. The van der Waals surface area contributed by atoms with Crippen LogP contribution in [0, 0.1) is 0 Å². The number of unbranched alkanes of at least 4 members (excludes halogenated alkanes) is 14. The lowest BCUT2D eigenvalue weighted by atomic mass is 10.1. The van der Waals surface area contributed by atoms with Crippen LogP contribution in [-0.2, 0) is 33.3 Å². The SMILES string of the molecule is CCC/C=C\C/C=C\CCCCCCCC(=O)OCC(COC(OCC[N+](C)(C)C)C(=O)[O-])OC(=O)CCCCCCC/C=C\C/C=C\CCCCC. The molecule has 0 saturated heterocycles. The molecule has 9 nitrogen and oxygen atoms in total. The van der Waals surface area contributed by atoms with Gasteiger partial charge in [0.25, 0.3) is 0 Å². The van der Waals surface area contributed by atoms with Crippen LogP contribution in [0.2, 0.25) is 0 Å². The van der Waals surface area contributed by atoms with Crippen LogP contribution in [-0.4, -0.2) is 82.3 Å². The number of carboxylic acids is 1. The van der Waals surface area contributed by atoms with Gasteiger partial charge in [0.05, 0.1) is 40.3 Å². The number of aliphatic carboxylic acids is 1. The van der Waals surface area contributed by atoms with Crippen molar-refractivity contribution < 1.29 is 42.9 Å². The predicted molar refractivity (Wildman–Crippen MR) is 214 cm³/mol. The van der Waals surface area contributed by atoms with Gasteiger partial charge in [-0.25, -0.2) is 0 Å². The summed E-state index contributed by atoms with van der Waals surface area (Å²) in [4.78, 5) is 36.8. The summed E-state index contributed by atoms with van der Waals surface area (Å²) in [7, 11) is 5.89. The van der Waals surface area contributed by atoms with Crippen molar-refractivity contribution in [3.05, 3.63) is 48.6 Å². The molecule has 0 radical (unpaired) electrons. The Morgan fingerprint density at radius 2 is 1.06 bits per heavy atom. The van der Waals surface area contributed by atoms with E-state index in [1.807, 2.05) is 21.1 Å². The largest absolute Gasteiger partial charge is 0.545 e. The van der Waals surface area contributed by atoms with E-state index in [2.05, 4.69) is 62.5 Å². The number of ether oxygens (including phenoxy) is 4. The maximum absolute atomic E-state index is 12.7. The first-order valence-corrected chi connectivity index (χ1v) is 20.8. The van der Waals surface area contributed by atoms with Crippen molar-refractivity contribution in [2.45, 2.75) is 167 Å². The Kier molecular flexibility index (Phi) is 34.4. The van der Waals surface area contributed by atoms with Crippen LogP contribution in [0.15, 0.2) is 48.6 Å². The Bertz CT molecular complexity index is 1010. The van der Waals surface area contributed by atoms with Gasteiger partial charge in [0.15, 0.2) is 12.4 Å². The van der Waals surface area contributed by atoms with Crippen molar-refractivity contribution in [1.82, 2.24) is 0 Å². The molecule has 0 aromatic heterocycles. The summed E-state index contributed by atoms with van der Waals surface area (Å²) in [6, 6.07) is 0. The van der Waals surface area contributed by atoms with Crippen molar-refractivity contribution in [2.24, 2.45) is 0 Å². The minimum atomic E-state index is -1.63. The molecular formula is C44H77NO8. The molecule has 0 spiro atoms. The number of quaternary nitrogens is 1. The van der Waals surface area contributed by atoms with Gasteiger partial charge in [0.1, 0.15) is 13.2 Å². The lowest BCUT2D eigenvalue weighted by Gasteiger charge is -2.26. The van der Waals surface area contributed by atoms with E-state index in [4.69, 9.17) is 18.9 Å². The molecule has 306 valence electrons. The number of rotatable bonds is 37. The maximum Gasteiger partial charge on any atom is 0.306 e. The summed E-state index contributed by atoms with van der Waals surface area (Å²) in [5, 5.41) is 11.7. The van der Waals surface area contributed by atoms with Crippen molar-refractivity contribution in [3.8, 4) is 0 Å². The van der Waals surface area contributed by atoms with Crippen LogP contribution >= 0.6 is 0 Å². The molecule has 0 aromatic carbocycles. The number of carbonyl (C=O) groups excluding carboxylic acids is 3. The summed E-state index contributed by atoms with van der Waals surface area (Å²) in [5.41, 5.74) is 0. The van der Waals surface area contributed by atoms with Gasteiger partial charge in [0, 0.05) is 12.8 Å². The fraction of sp³-hybridized carbons (Fsp3) is 0.750.